The summed E-state index contributed by atoms with van der Waals surface area (Å²) in [5.74, 6) is -0.286. The highest BCUT2D eigenvalue weighted by molar-refractivity contribution is 9.10. The minimum absolute atomic E-state index is 0.0796. The Morgan fingerprint density at radius 3 is 2.63 bits per heavy atom. The SMILES string of the molecule is C[C@H]1[C@H](Nc2cnn(CC(=O)NCc3ccc(F)c(C(F)(F)F)c3)c(=O)c2Br)C[C@H]2C[C@@H]1C2(C)C. The van der Waals surface area contributed by atoms with Gasteiger partial charge in [0.15, 0.2) is 0 Å². The molecule has 190 valence electrons. The molecule has 3 aliphatic rings. The first-order valence-electron chi connectivity index (χ1n) is 11.4. The molecular weight excluding hydrogens is 532 g/mol. The molecule has 3 fully saturated rings. The Labute approximate surface area is 208 Å². The van der Waals surface area contributed by atoms with Crippen LogP contribution in [0.2, 0.25) is 0 Å². The van der Waals surface area contributed by atoms with Crippen LogP contribution in [0, 0.1) is 29.0 Å². The molecule has 1 aromatic heterocycles. The third-order valence-corrected chi connectivity index (χ3v) is 8.57. The monoisotopic (exact) mass is 558 g/mol. The summed E-state index contributed by atoms with van der Waals surface area (Å²) >= 11 is 3.32. The molecular formula is C24H27BrF4N4O2. The van der Waals surface area contributed by atoms with Crippen LogP contribution in [0.15, 0.2) is 33.7 Å². The van der Waals surface area contributed by atoms with Gasteiger partial charge in [0.05, 0.1) is 17.4 Å². The largest absolute Gasteiger partial charge is 0.419 e. The normalized spacial score (nSPS) is 25.0. The molecule has 0 unspecified atom stereocenters. The quantitative estimate of drug-likeness (QED) is 0.491. The van der Waals surface area contributed by atoms with E-state index in [1.165, 1.54) is 12.6 Å². The predicted octanol–water partition coefficient (Wildman–Crippen LogP) is 4.96. The molecule has 35 heavy (non-hydrogen) atoms. The van der Waals surface area contributed by atoms with Gasteiger partial charge in [-0.05, 0) is 69.6 Å². The van der Waals surface area contributed by atoms with Crippen LogP contribution in [0.25, 0.3) is 0 Å². The Morgan fingerprint density at radius 1 is 1.29 bits per heavy atom. The first kappa shape index (κ1) is 25.7. The zero-order chi connectivity index (χ0) is 25.7. The van der Waals surface area contributed by atoms with Gasteiger partial charge in [-0.15, -0.1) is 0 Å². The summed E-state index contributed by atoms with van der Waals surface area (Å²) in [6.45, 7) is 6.19. The second-order valence-corrected chi connectivity index (χ2v) is 10.9. The van der Waals surface area contributed by atoms with Crippen molar-refractivity contribution >= 4 is 27.5 Å². The Hall–Kier alpha value is -2.43. The lowest BCUT2D eigenvalue weighted by Crippen LogP contribution is -2.58. The van der Waals surface area contributed by atoms with Gasteiger partial charge in [-0.25, -0.2) is 9.07 Å². The fraction of sp³-hybridized carbons (Fsp3) is 0.542. The summed E-state index contributed by atoms with van der Waals surface area (Å²) in [5.41, 5.74) is -0.918. The molecule has 2 N–H and O–H groups in total. The van der Waals surface area contributed by atoms with Crippen molar-refractivity contribution in [2.75, 3.05) is 5.32 Å². The topological polar surface area (TPSA) is 76.0 Å². The van der Waals surface area contributed by atoms with E-state index in [-0.39, 0.29) is 22.6 Å². The maximum absolute atomic E-state index is 13.4. The first-order valence-corrected chi connectivity index (χ1v) is 12.2. The average Bonchev–Trinajstić information content (AvgIpc) is 2.78. The van der Waals surface area contributed by atoms with E-state index in [4.69, 9.17) is 0 Å². The maximum Gasteiger partial charge on any atom is 0.419 e. The number of aromatic nitrogens is 2. The molecule has 2 aromatic rings. The third-order valence-electron chi connectivity index (χ3n) is 7.80. The highest BCUT2D eigenvalue weighted by Crippen LogP contribution is 2.61. The van der Waals surface area contributed by atoms with E-state index < -0.39 is 35.6 Å². The van der Waals surface area contributed by atoms with E-state index in [1.807, 2.05) is 0 Å². The minimum atomic E-state index is -4.84. The lowest BCUT2D eigenvalue weighted by molar-refractivity contribution is -0.140. The summed E-state index contributed by atoms with van der Waals surface area (Å²) in [4.78, 5) is 25.1. The first-order chi connectivity index (χ1) is 16.3. The molecule has 0 aliphatic heterocycles. The number of carbonyl (C=O) groups excluding carboxylic acids is 1. The molecule has 1 amide bonds. The number of alkyl halides is 3. The fourth-order valence-electron chi connectivity index (χ4n) is 5.51. The van der Waals surface area contributed by atoms with Crippen molar-refractivity contribution < 1.29 is 22.4 Å². The molecule has 2 bridgehead atoms. The summed E-state index contributed by atoms with van der Waals surface area (Å²) in [6, 6.07) is 2.73. The van der Waals surface area contributed by atoms with Crippen LogP contribution in [-0.2, 0) is 24.1 Å². The molecule has 0 saturated heterocycles. The number of rotatable bonds is 6. The molecule has 3 aliphatic carbocycles. The van der Waals surface area contributed by atoms with E-state index in [2.05, 4.69) is 52.4 Å². The molecule has 3 saturated carbocycles. The molecule has 5 rings (SSSR count). The Kier molecular flexibility index (Phi) is 6.76. The third kappa shape index (κ3) is 4.96. The van der Waals surface area contributed by atoms with Crippen molar-refractivity contribution in [3.8, 4) is 0 Å². The number of carbonyl (C=O) groups is 1. The van der Waals surface area contributed by atoms with E-state index in [0.29, 0.717) is 41.0 Å². The number of amides is 1. The van der Waals surface area contributed by atoms with Gasteiger partial charge in [0.2, 0.25) is 5.91 Å². The number of nitrogens with zero attached hydrogens (tertiary/aromatic N) is 2. The number of fused-ring (bicyclic) bond motifs is 2. The minimum Gasteiger partial charge on any atom is -0.380 e. The number of halogens is 5. The van der Waals surface area contributed by atoms with Crippen LogP contribution in [0.1, 0.15) is 44.7 Å². The van der Waals surface area contributed by atoms with Crippen molar-refractivity contribution in [1.29, 1.82) is 0 Å². The number of anilines is 1. The second kappa shape index (κ2) is 9.22. The van der Waals surface area contributed by atoms with Crippen molar-refractivity contribution in [3.05, 3.63) is 56.2 Å². The average molecular weight is 559 g/mol. The van der Waals surface area contributed by atoms with Crippen LogP contribution < -0.4 is 16.2 Å². The highest BCUT2D eigenvalue weighted by Gasteiger charge is 2.56. The summed E-state index contributed by atoms with van der Waals surface area (Å²) < 4.78 is 53.3. The van der Waals surface area contributed by atoms with Crippen molar-refractivity contribution in [2.24, 2.45) is 23.2 Å². The van der Waals surface area contributed by atoms with Crippen LogP contribution in [0.4, 0.5) is 23.2 Å². The van der Waals surface area contributed by atoms with E-state index in [0.717, 1.165) is 17.2 Å². The van der Waals surface area contributed by atoms with Gasteiger partial charge in [0.25, 0.3) is 5.56 Å². The van der Waals surface area contributed by atoms with Gasteiger partial charge in [-0.2, -0.15) is 18.3 Å². The summed E-state index contributed by atoms with van der Waals surface area (Å²) in [6.07, 6.45) is -1.10. The van der Waals surface area contributed by atoms with Gasteiger partial charge in [0, 0.05) is 12.6 Å². The number of nitrogens with one attached hydrogen (secondary N) is 2. The highest BCUT2D eigenvalue weighted by atomic mass is 79.9. The van der Waals surface area contributed by atoms with E-state index in [9.17, 15) is 27.2 Å². The molecule has 6 nitrogen and oxygen atoms in total. The summed E-state index contributed by atoms with van der Waals surface area (Å²) in [7, 11) is 0. The molecule has 11 heteroatoms. The molecule has 0 spiro atoms. The standard InChI is InChI=1S/C24H27BrF4N4O2/c1-12-15-7-14(23(15,2)3)8-18(12)32-19-10-31-33(22(35)21(19)25)11-20(34)30-9-13-4-5-17(26)16(6-13)24(27,28)29/h4-6,10,12,14-15,18,32H,7-9,11H2,1-3H3,(H,30,34)/t12-,14-,15+,18-/m1/s1. The van der Waals surface area contributed by atoms with Crippen molar-refractivity contribution in [1.82, 2.24) is 15.1 Å². The van der Waals surface area contributed by atoms with Crippen LogP contribution in [-0.4, -0.2) is 21.7 Å². The summed E-state index contributed by atoms with van der Waals surface area (Å²) in [5, 5.41) is 9.97. The van der Waals surface area contributed by atoms with Gasteiger partial charge in [-0.3, -0.25) is 9.59 Å². The lowest BCUT2D eigenvalue weighted by Gasteiger charge is -2.62. The molecule has 1 heterocycles. The Morgan fingerprint density at radius 2 is 2.00 bits per heavy atom. The van der Waals surface area contributed by atoms with Gasteiger partial charge >= 0.3 is 6.18 Å². The predicted molar refractivity (Wildman–Crippen MR) is 126 cm³/mol. The Balaban J connectivity index is 1.38. The molecule has 0 radical (unpaired) electrons. The fourth-order valence-corrected chi connectivity index (χ4v) is 5.93. The van der Waals surface area contributed by atoms with Crippen molar-refractivity contribution in [3.63, 3.8) is 0 Å². The maximum atomic E-state index is 13.4. The molecule has 4 atom stereocenters. The van der Waals surface area contributed by atoms with E-state index in [1.54, 1.807) is 0 Å². The van der Waals surface area contributed by atoms with Crippen LogP contribution >= 0.6 is 15.9 Å². The number of hydrogen-bond donors (Lipinski definition) is 2. The van der Waals surface area contributed by atoms with Gasteiger partial charge in [-0.1, -0.05) is 26.8 Å². The Bertz CT molecular complexity index is 1200. The second-order valence-electron chi connectivity index (χ2n) is 10.1. The van der Waals surface area contributed by atoms with E-state index >= 15 is 0 Å². The zero-order valence-electron chi connectivity index (χ0n) is 19.5. The van der Waals surface area contributed by atoms with Crippen LogP contribution in [0.3, 0.4) is 0 Å². The molecule has 1 aromatic carbocycles. The lowest BCUT2D eigenvalue weighted by atomic mass is 9.45. The number of hydrogen-bond acceptors (Lipinski definition) is 4. The van der Waals surface area contributed by atoms with Gasteiger partial charge < -0.3 is 10.6 Å². The van der Waals surface area contributed by atoms with Crippen molar-refractivity contribution in [2.45, 2.75) is 58.9 Å². The number of benzene rings is 1. The van der Waals surface area contributed by atoms with Crippen LogP contribution in [0.5, 0.6) is 0 Å². The zero-order valence-corrected chi connectivity index (χ0v) is 21.1. The van der Waals surface area contributed by atoms with Gasteiger partial charge in [0.1, 0.15) is 16.8 Å². The smallest absolute Gasteiger partial charge is 0.380 e.